The Hall–Kier alpha value is -3.48. The van der Waals surface area contributed by atoms with Crippen molar-refractivity contribution in [2.75, 3.05) is 27.9 Å². The molecule has 7 heteroatoms. The first-order valence-electron chi connectivity index (χ1n) is 10.6. The van der Waals surface area contributed by atoms with Gasteiger partial charge >= 0.3 is 0 Å². The predicted molar refractivity (Wildman–Crippen MR) is 125 cm³/mol. The second-order valence-corrected chi connectivity index (χ2v) is 7.71. The van der Waals surface area contributed by atoms with E-state index in [1.165, 1.54) is 21.3 Å². The lowest BCUT2D eigenvalue weighted by Crippen LogP contribution is -2.33. The molecule has 1 aromatic heterocycles. The summed E-state index contributed by atoms with van der Waals surface area (Å²) in [6, 6.07) is 11.0. The van der Waals surface area contributed by atoms with Crippen molar-refractivity contribution in [3.8, 4) is 17.2 Å². The number of carbonyl (C=O) groups excluding carboxylic acids is 1. The van der Waals surface area contributed by atoms with Crippen molar-refractivity contribution in [2.45, 2.75) is 33.2 Å². The number of hydrogen-bond donors (Lipinski definition) is 1. The van der Waals surface area contributed by atoms with Gasteiger partial charge < -0.3 is 24.1 Å². The standard InChI is InChI=1S/C25H30N2O5/c1-6-7-10-27(15-19-12-17-9-8-16(2)11-20(17)26-24(19)28)25(29)18-13-21(30-3)23(32-5)22(14-18)31-4/h8-9,11-14H,6-7,10,15H2,1-5H3,(H,26,28). The maximum Gasteiger partial charge on any atom is 0.254 e. The van der Waals surface area contributed by atoms with Gasteiger partial charge in [0.2, 0.25) is 5.75 Å². The average Bonchev–Trinajstić information content (AvgIpc) is 2.80. The molecule has 0 bridgehead atoms. The van der Waals surface area contributed by atoms with Crippen LogP contribution in [0.4, 0.5) is 0 Å². The summed E-state index contributed by atoms with van der Waals surface area (Å²) in [6.45, 7) is 4.77. The van der Waals surface area contributed by atoms with Crippen LogP contribution in [0.3, 0.4) is 0 Å². The molecule has 2 aromatic carbocycles. The molecule has 0 saturated heterocycles. The molecule has 3 aromatic rings. The quantitative estimate of drug-likeness (QED) is 0.539. The van der Waals surface area contributed by atoms with Crippen LogP contribution in [0.5, 0.6) is 17.2 Å². The molecule has 0 aliphatic heterocycles. The maximum atomic E-state index is 13.5. The molecule has 7 nitrogen and oxygen atoms in total. The molecule has 0 aliphatic rings. The van der Waals surface area contributed by atoms with Crippen molar-refractivity contribution >= 4 is 16.8 Å². The number of aromatic nitrogens is 1. The van der Waals surface area contributed by atoms with Gasteiger partial charge in [-0.15, -0.1) is 0 Å². The number of H-pyrrole nitrogens is 1. The van der Waals surface area contributed by atoms with Gasteiger partial charge in [0.15, 0.2) is 11.5 Å². The summed E-state index contributed by atoms with van der Waals surface area (Å²) in [7, 11) is 4.54. The number of methoxy groups -OCH3 is 3. The summed E-state index contributed by atoms with van der Waals surface area (Å²) in [5.74, 6) is 1.03. The second-order valence-electron chi connectivity index (χ2n) is 7.71. The minimum Gasteiger partial charge on any atom is -0.493 e. The van der Waals surface area contributed by atoms with E-state index < -0.39 is 0 Å². The molecule has 0 radical (unpaired) electrons. The average molecular weight is 439 g/mol. The number of rotatable bonds is 9. The van der Waals surface area contributed by atoms with E-state index >= 15 is 0 Å². The number of hydrogen-bond acceptors (Lipinski definition) is 5. The van der Waals surface area contributed by atoms with Crippen LogP contribution in [0.1, 0.15) is 41.3 Å². The third kappa shape index (κ3) is 4.88. The monoisotopic (exact) mass is 438 g/mol. The number of nitrogens with one attached hydrogen (secondary N) is 1. The minimum atomic E-state index is -0.207. The number of benzene rings is 2. The van der Waals surface area contributed by atoms with Crippen molar-refractivity contribution in [1.82, 2.24) is 9.88 Å². The van der Waals surface area contributed by atoms with E-state index in [2.05, 4.69) is 11.9 Å². The van der Waals surface area contributed by atoms with E-state index in [4.69, 9.17) is 14.2 Å². The molecule has 32 heavy (non-hydrogen) atoms. The molecule has 0 unspecified atom stereocenters. The van der Waals surface area contributed by atoms with Gasteiger partial charge in [0, 0.05) is 23.2 Å². The Morgan fingerprint density at radius 3 is 2.28 bits per heavy atom. The topological polar surface area (TPSA) is 80.9 Å². The van der Waals surface area contributed by atoms with Gasteiger partial charge in [-0.3, -0.25) is 9.59 Å². The predicted octanol–water partition coefficient (Wildman–Crippen LogP) is 4.30. The lowest BCUT2D eigenvalue weighted by molar-refractivity contribution is 0.0739. The number of nitrogens with zero attached hydrogens (tertiary/aromatic N) is 1. The lowest BCUT2D eigenvalue weighted by Gasteiger charge is -2.23. The Labute approximate surface area is 187 Å². The SMILES string of the molecule is CCCCN(Cc1cc2ccc(C)cc2[nH]c1=O)C(=O)c1cc(OC)c(OC)c(OC)c1. The van der Waals surface area contributed by atoms with Crippen LogP contribution in [-0.2, 0) is 6.54 Å². The van der Waals surface area contributed by atoms with Crippen molar-refractivity contribution < 1.29 is 19.0 Å². The number of aromatic amines is 1. The highest BCUT2D eigenvalue weighted by Crippen LogP contribution is 2.38. The zero-order chi connectivity index (χ0) is 23.3. The fraction of sp³-hybridized carbons (Fsp3) is 0.360. The Bertz CT molecular complexity index is 1140. The number of amides is 1. The van der Waals surface area contributed by atoms with E-state index in [0.29, 0.717) is 34.9 Å². The fourth-order valence-electron chi connectivity index (χ4n) is 3.67. The maximum absolute atomic E-state index is 13.5. The molecule has 1 N–H and O–H groups in total. The van der Waals surface area contributed by atoms with Crippen molar-refractivity contribution in [3.63, 3.8) is 0 Å². The fourth-order valence-corrected chi connectivity index (χ4v) is 3.67. The zero-order valence-corrected chi connectivity index (χ0v) is 19.3. The van der Waals surface area contributed by atoms with Crippen LogP contribution in [0, 0.1) is 6.92 Å². The zero-order valence-electron chi connectivity index (χ0n) is 19.3. The van der Waals surface area contributed by atoms with Gasteiger partial charge in [-0.05, 0) is 48.6 Å². The first-order chi connectivity index (χ1) is 15.4. The molecule has 0 fully saturated rings. The number of pyridine rings is 1. The van der Waals surface area contributed by atoms with Crippen molar-refractivity contribution in [3.05, 3.63) is 63.4 Å². The summed E-state index contributed by atoms with van der Waals surface area (Å²) < 4.78 is 16.1. The van der Waals surface area contributed by atoms with Crippen LogP contribution in [0.15, 0.2) is 41.2 Å². The Morgan fingerprint density at radius 1 is 1.00 bits per heavy atom. The number of ether oxygens (including phenoxy) is 3. The molecule has 170 valence electrons. The van der Waals surface area contributed by atoms with Crippen molar-refractivity contribution in [2.24, 2.45) is 0 Å². The lowest BCUT2D eigenvalue weighted by atomic mass is 10.1. The summed E-state index contributed by atoms with van der Waals surface area (Å²) in [6.07, 6.45) is 1.74. The van der Waals surface area contributed by atoms with Gasteiger partial charge in [0.25, 0.3) is 11.5 Å². The number of fused-ring (bicyclic) bond motifs is 1. The highest BCUT2D eigenvalue weighted by molar-refractivity contribution is 5.95. The Balaban J connectivity index is 1.99. The molecule has 0 atom stereocenters. The van der Waals surface area contributed by atoms with Gasteiger partial charge in [-0.2, -0.15) is 0 Å². The van der Waals surface area contributed by atoms with E-state index in [1.807, 2.05) is 31.2 Å². The molecule has 1 amide bonds. The van der Waals surface area contributed by atoms with Crippen LogP contribution in [0.25, 0.3) is 10.9 Å². The van der Waals surface area contributed by atoms with E-state index in [0.717, 1.165) is 29.3 Å². The summed E-state index contributed by atoms with van der Waals surface area (Å²) in [5.41, 5.74) is 2.61. The molecule has 0 aliphatic carbocycles. The first-order valence-corrected chi connectivity index (χ1v) is 10.6. The van der Waals surface area contributed by atoms with E-state index in [9.17, 15) is 9.59 Å². The summed E-state index contributed by atoms with van der Waals surface area (Å²) in [4.78, 5) is 30.8. The molecule has 0 spiro atoms. The second kappa shape index (κ2) is 10.2. The normalized spacial score (nSPS) is 10.8. The molecule has 0 saturated carbocycles. The van der Waals surface area contributed by atoms with Crippen LogP contribution in [-0.4, -0.2) is 43.7 Å². The summed E-state index contributed by atoms with van der Waals surface area (Å²) in [5, 5.41) is 0.931. The highest BCUT2D eigenvalue weighted by Gasteiger charge is 2.22. The van der Waals surface area contributed by atoms with Crippen molar-refractivity contribution in [1.29, 1.82) is 0 Å². The number of carbonyl (C=O) groups is 1. The number of unbranched alkanes of at least 4 members (excludes halogenated alkanes) is 1. The van der Waals surface area contributed by atoms with Crippen LogP contribution < -0.4 is 19.8 Å². The van der Waals surface area contributed by atoms with Gasteiger partial charge in [0.05, 0.1) is 27.9 Å². The molecule has 3 rings (SSSR count). The third-order valence-corrected chi connectivity index (χ3v) is 5.42. The Kier molecular flexibility index (Phi) is 7.41. The summed E-state index contributed by atoms with van der Waals surface area (Å²) >= 11 is 0. The Morgan fingerprint density at radius 2 is 1.69 bits per heavy atom. The van der Waals surface area contributed by atoms with E-state index in [-0.39, 0.29) is 18.0 Å². The molecule has 1 heterocycles. The van der Waals surface area contributed by atoms with Gasteiger partial charge in [-0.25, -0.2) is 0 Å². The largest absolute Gasteiger partial charge is 0.493 e. The van der Waals surface area contributed by atoms with Crippen LogP contribution in [0.2, 0.25) is 0 Å². The molecular formula is C25H30N2O5. The molecular weight excluding hydrogens is 408 g/mol. The third-order valence-electron chi connectivity index (χ3n) is 5.42. The smallest absolute Gasteiger partial charge is 0.254 e. The van der Waals surface area contributed by atoms with Gasteiger partial charge in [0.1, 0.15) is 0 Å². The van der Waals surface area contributed by atoms with E-state index in [1.54, 1.807) is 17.0 Å². The minimum absolute atomic E-state index is 0.192. The van der Waals surface area contributed by atoms with Gasteiger partial charge in [-0.1, -0.05) is 25.5 Å². The first kappa shape index (κ1) is 23.2. The number of aryl methyl sites for hydroxylation is 1. The van der Waals surface area contributed by atoms with Crippen LogP contribution >= 0.6 is 0 Å². The highest BCUT2D eigenvalue weighted by atomic mass is 16.5.